The second-order valence-corrected chi connectivity index (χ2v) is 4.03. The van der Waals surface area contributed by atoms with Crippen LogP contribution < -0.4 is 10.1 Å². The fourth-order valence-electron chi connectivity index (χ4n) is 1.68. The Bertz CT molecular complexity index is 564. The lowest BCUT2D eigenvalue weighted by Crippen LogP contribution is -2.28. The number of carbonyl (C=O) groups is 1. The second kappa shape index (κ2) is 5.47. The minimum atomic E-state index is -0.234. The number of hydrogen-bond acceptors (Lipinski definition) is 5. The minimum absolute atomic E-state index is 0.217. The molecule has 0 aromatic carbocycles. The number of pyridine rings is 1. The number of rotatable bonds is 4. The Hall–Kier alpha value is -2.44. The largest absolute Gasteiger partial charge is 0.481 e. The Labute approximate surface area is 110 Å². The van der Waals surface area contributed by atoms with Crippen LogP contribution in [0.1, 0.15) is 29.1 Å². The molecule has 0 saturated heterocycles. The fourth-order valence-corrected chi connectivity index (χ4v) is 1.68. The Kier molecular flexibility index (Phi) is 3.74. The summed E-state index contributed by atoms with van der Waals surface area (Å²) in [5.41, 5.74) is 0.467. The quantitative estimate of drug-likeness (QED) is 0.876. The number of hydrogen-bond donors (Lipinski definition) is 1. The molecule has 0 spiro atoms. The van der Waals surface area contributed by atoms with Crippen LogP contribution in [0.4, 0.5) is 0 Å². The number of carbonyl (C=O) groups excluding carboxylic acids is 1. The molecular formula is C12H15N5O2. The Morgan fingerprint density at radius 3 is 2.74 bits per heavy atom. The summed E-state index contributed by atoms with van der Waals surface area (Å²) >= 11 is 0. The maximum absolute atomic E-state index is 12.0. The van der Waals surface area contributed by atoms with Crippen LogP contribution in [0.25, 0.3) is 0 Å². The fraction of sp³-hybridized carbons (Fsp3) is 0.333. The van der Waals surface area contributed by atoms with Crippen molar-refractivity contribution in [1.82, 2.24) is 25.1 Å². The van der Waals surface area contributed by atoms with Crippen LogP contribution in [0.15, 0.2) is 24.7 Å². The van der Waals surface area contributed by atoms with Gasteiger partial charge in [-0.1, -0.05) is 0 Å². The summed E-state index contributed by atoms with van der Waals surface area (Å²) in [5.74, 6) is 0.943. The molecule has 7 heteroatoms. The van der Waals surface area contributed by atoms with E-state index in [0.29, 0.717) is 17.3 Å². The van der Waals surface area contributed by atoms with E-state index in [-0.39, 0.29) is 11.9 Å². The van der Waals surface area contributed by atoms with Crippen LogP contribution in [0.5, 0.6) is 5.88 Å². The third-order valence-corrected chi connectivity index (χ3v) is 2.69. The van der Waals surface area contributed by atoms with Crippen molar-refractivity contribution in [2.45, 2.75) is 13.0 Å². The van der Waals surface area contributed by atoms with E-state index < -0.39 is 0 Å². The van der Waals surface area contributed by atoms with E-state index in [4.69, 9.17) is 4.74 Å². The Morgan fingerprint density at radius 2 is 2.21 bits per heavy atom. The molecule has 1 amide bonds. The van der Waals surface area contributed by atoms with Crippen molar-refractivity contribution in [2.75, 3.05) is 7.11 Å². The summed E-state index contributed by atoms with van der Waals surface area (Å²) in [6.07, 6.45) is 2.92. The molecule has 100 valence electrons. The van der Waals surface area contributed by atoms with Gasteiger partial charge >= 0.3 is 0 Å². The number of methoxy groups -OCH3 is 1. The van der Waals surface area contributed by atoms with Gasteiger partial charge in [-0.15, -0.1) is 0 Å². The first kappa shape index (κ1) is 13.0. The molecule has 0 bridgehead atoms. The first-order valence-electron chi connectivity index (χ1n) is 5.76. The van der Waals surface area contributed by atoms with Crippen LogP contribution in [0, 0.1) is 0 Å². The molecule has 0 fully saturated rings. The summed E-state index contributed by atoms with van der Waals surface area (Å²) in [6.45, 7) is 1.85. The van der Waals surface area contributed by atoms with Crippen molar-refractivity contribution in [2.24, 2.45) is 7.05 Å². The van der Waals surface area contributed by atoms with Gasteiger partial charge in [-0.25, -0.2) is 9.97 Å². The Morgan fingerprint density at radius 1 is 1.42 bits per heavy atom. The molecule has 2 aromatic rings. The average Bonchev–Trinajstić information content (AvgIpc) is 2.85. The molecule has 2 aromatic heterocycles. The highest BCUT2D eigenvalue weighted by Crippen LogP contribution is 2.10. The molecule has 1 N–H and O–H groups in total. The molecule has 0 saturated carbocycles. The monoisotopic (exact) mass is 261 g/mol. The molecule has 0 radical (unpaired) electrons. The molecule has 0 aliphatic rings. The lowest BCUT2D eigenvalue weighted by Gasteiger charge is -2.12. The van der Waals surface area contributed by atoms with Crippen molar-refractivity contribution in [1.29, 1.82) is 0 Å². The molecule has 0 unspecified atom stereocenters. The zero-order valence-electron chi connectivity index (χ0n) is 11.0. The summed E-state index contributed by atoms with van der Waals surface area (Å²) in [7, 11) is 3.30. The van der Waals surface area contributed by atoms with Crippen LogP contribution in [-0.2, 0) is 7.05 Å². The molecule has 7 nitrogen and oxygen atoms in total. The summed E-state index contributed by atoms with van der Waals surface area (Å²) in [6, 6.07) is 3.06. The highest BCUT2D eigenvalue weighted by Gasteiger charge is 2.15. The van der Waals surface area contributed by atoms with Crippen molar-refractivity contribution >= 4 is 5.91 Å². The van der Waals surface area contributed by atoms with Crippen LogP contribution in [0.2, 0.25) is 0 Å². The van der Waals surface area contributed by atoms with Gasteiger partial charge in [0.2, 0.25) is 5.88 Å². The number of nitrogens with zero attached hydrogens (tertiary/aromatic N) is 4. The van der Waals surface area contributed by atoms with E-state index in [1.807, 2.05) is 6.92 Å². The van der Waals surface area contributed by atoms with Crippen molar-refractivity contribution in [3.63, 3.8) is 0 Å². The van der Waals surface area contributed by atoms with E-state index in [1.54, 1.807) is 23.9 Å². The first-order valence-corrected chi connectivity index (χ1v) is 5.76. The van der Waals surface area contributed by atoms with Gasteiger partial charge in [-0.3, -0.25) is 9.48 Å². The highest BCUT2D eigenvalue weighted by molar-refractivity contribution is 5.94. The lowest BCUT2D eigenvalue weighted by atomic mass is 10.2. The standard InChI is InChI=1S/C12H15N5O2/c1-8(11-14-7-15-17(11)2)16-12(18)9-4-5-10(19-3)13-6-9/h4-8H,1-3H3,(H,16,18)/t8-/m0/s1. The zero-order valence-corrected chi connectivity index (χ0v) is 11.0. The number of amides is 1. The number of aryl methyl sites for hydroxylation is 1. The summed E-state index contributed by atoms with van der Waals surface area (Å²) < 4.78 is 6.56. The highest BCUT2D eigenvalue weighted by atomic mass is 16.5. The zero-order chi connectivity index (χ0) is 13.8. The molecule has 1 atom stereocenters. The second-order valence-electron chi connectivity index (χ2n) is 4.03. The van der Waals surface area contributed by atoms with Crippen molar-refractivity contribution in [3.05, 3.63) is 36.0 Å². The van der Waals surface area contributed by atoms with Gasteiger partial charge in [-0.2, -0.15) is 5.10 Å². The normalized spacial score (nSPS) is 11.9. The Balaban J connectivity index is 2.06. The molecule has 19 heavy (non-hydrogen) atoms. The SMILES string of the molecule is COc1ccc(C(=O)N[C@@H](C)c2ncnn2C)cn1. The number of ether oxygens (including phenoxy) is 1. The molecule has 2 heterocycles. The average molecular weight is 261 g/mol. The van der Waals surface area contributed by atoms with E-state index >= 15 is 0 Å². The molecule has 0 aliphatic heterocycles. The minimum Gasteiger partial charge on any atom is -0.481 e. The molecule has 0 aliphatic carbocycles. The van der Waals surface area contributed by atoms with Crippen molar-refractivity contribution in [3.8, 4) is 5.88 Å². The first-order chi connectivity index (χ1) is 9.11. The van der Waals surface area contributed by atoms with Crippen molar-refractivity contribution < 1.29 is 9.53 Å². The van der Waals surface area contributed by atoms with E-state index in [2.05, 4.69) is 20.4 Å². The van der Waals surface area contributed by atoms with E-state index in [0.717, 1.165) is 0 Å². The predicted molar refractivity (Wildman–Crippen MR) is 67.7 cm³/mol. The van der Waals surface area contributed by atoms with Gasteiger partial charge in [0.05, 0.1) is 18.7 Å². The lowest BCUT2D eigenvalue weighted by molar-refractivity contribution is 0.0937. The summed E-state index contributed by atoms with van der Waals surface area (Å²) in [4.78, 5) is 20.1. The summed E-state index contributed by atoms with van der Waals surface area (Å²) in [5, 5.41) is 6.80. The third kappa shape index (κ3) is 2.87. The van der Waals surface area contributed by atoms with Gasteiger partial charge in [0.25, 0.3) is 5.91 Å². The van der Waals surface area contributed by atoms with Gasteiger partial charge in [0.15, 0.2) is 0 Å². The molecular weight excluding hydrogens is 246 g/mol. The molecule has 2 rings (SSSR count). The topological polar surface area (TPSA) is 81.9 Å². The number of nitrogens with one attached hydrogen (secondary N) is 1. The third-order valence-electron chi connectivity index (χ3n) is 2.69. The maximum atomic E-state index is 12.0. The van der Waals surface area contributed by atoms with Gasteiger partial charge in [-0.05, 0) is 13.0 Å². The van der Waals surface area contributed by atoms with Gasteiger partial charge in [0.1, 0.15) is 12.2 Å². The smallest absolute Gasteiger partial charge is 0.253 e. The van der Waals surface area contributed by atoms with Gasteiger partial charge in [0, 0.05) is 19.3 Å². The van der Waals surface area contributed by atoms with E-state index in [1.165, 1.54) is 19.6 Å². The number of aromatic nitrogens is 4. The van der Waals surface area contributed by atoms with Crippen LogP contribution in [-0.4, -0.2) is 32.8 Å². The predicted octanol–water partition coefficient (Wildman–Crippen LogP) is 0.710. The van der Waals surface area contributed by atoms with E-state index in [9.17, 15) is 4.79 Å². The van der Waals surface area contributed by atoms with Gasteiger partial charge < -0.3 is 10.1 Å². The van der Waals surface area contributed by atoms with Crippen LogP contribution in [0.3, 0.4) is 0 Å². The maximum Gasteiger partial charge on any atom is 0.253 e. The van der Waals surface area contributed by atoms with Crippen LogP contribution >= 0.6 is 0 Å².